The third-order valence-corrected chi connectivity index (χ3v) is 2.40. The molecule has 0 unspecified atom stereocenters. The summed E-state index contributed by atoms with van der Waals surface area (Å²) in [4.78, 5) is 0. The van der Waals surface area contributed by atoms with Crippen LogP contribution in [0.1, 0.15) is 18.4 Å². The van der Waals surface area contributed by atoms with Gasteiger partial charge in [0.1, 0.15) is 0 Å². The van der Waals surface area contributed by atoms with Crippen molar-refractivity contribution in [3.63, 3.8) is 0 Å². The Morgan fingerprint density at radius 1 is 1.35 bits per heavy atom. The number of alkyl halides is 3. The molecule has 2 nitrogen and oxygen atoms in total. The molecule has 0 atom stereocenters. The van der Waals surface area contributed by atoms with E-state index < -0.39 is 11.7 Å². The lowest BCUT2D eigenvalue weighted by Crippen LogP contribution is -2.12. The van der Waals surface area contributed by atoms with Gasteiger partial charge in [-0.3, -0.25) is 0 Å². The predicted molar refractivity (Wildman–Crippen MR) is 59.8 cm³/mol. The van der Waals surface area contributed by atoms with E-state index in [0.29, 0.717) is 12.8 Å². The molecule has 0 saturated carbocycles. The van der Waals surface area contributed by atoms with Crippen LogP contribution in [0.3, 0.4) is 0 Å². The van der Waals surface area contributed by atoms with E-state index in [1.807, 2.05) is 6.07 Å². The van der Waals surface area contributed by atoms with Crippen molar-refractivity contribution in [1.29, 1.82) is 5.26 Å². The molecule has 0 saturated heterocycles. The fourth-order valence-electron chi connectivity index (χ4n) is 1.32. The molecule has 92 valence electrons. The summed E-state index contributed by atoms with van der Waals surface area (Å²) in [6.07, 6.45) is -3.68. The number of halogens is 4. The number of rotatable bonds is 4. The van der Waals surface area contributed by atoms with E-state index in [-0.39, 0.29) is 17.3 Å². The lowest BCUT2D eigenvalue weighted by Gasteiger charge is -2.15. The average Bonchev–Trinajstić information content (AvgIpc) is 2.24. The molecule has 0 fully saturated rings. The summed E-state index contributed by atoms with van der Waals surface area (Å²) >= 11 is 5.72. The quantitative estimate of drug-likeness (QED) is 0.830. The number of unbranched alkanes of at least 4 members (excludes halogenated alkanes) is 1. The Bertz CT molecular complexity index is 424. The van der Waals surface area contributed by atoms with Crippen molar-refractivity contribution in [2.45, 2.75) is 19.0 Å². The predicted octanol–water partition coefficient (Wildman–Crippen LogP) is 4.07. The molecule has 0 bridgehead atoms. The van der Waals surface area contributed by atoms with Crippen molar-refractivity contribution in [1.82, 2.24) is 0 Å². The SMILES string of the molecule is N#CCCCNc1c(Cl)cccc1C(F)(F)F. The van der Waals surface area contributed by atoms with Gasteiger partial charge in [-0.15, -0.1) is 0 Å². The van der Waals surface area contributed by atoms with Gasteiger partial charge in [-0.2, -0.15) is 18.4 Å². The molecule has 6 heteroatoms. The van der Waals surface area contributed by atoms with Crippen LogP contribution in [0.4, 0.5) is 18.9 Å². The molecule has 0 aliphatic carbocycles. The molecule has 0 aromatic heterocycles. The number of para-hydroxylation sites is 1. The highest BCUT2D eigenvalue weighted by atomic mass is 35.5. The Hall–Kier alpha value is -1.41. The number of hydrogen-bond acceptors (Lipinski definition) is 2. The number of nitrogens with one attached hydrogen (secondary N) is 1. The van der Waals surface area contributed by atoms with Crippen LogP contribution in [0.15, 0.2) is 18.2 Å². The molecule has 0 amide bonds. The summed E-state index contributed by atoms with van der Waals surface area (Å²) in [5.74, 6) is 0. The van der Waals surface area contributed by atoms with Crippen LogP contribution >= 0.6 is 11.6 Å². The maximum Gasteiger partial charge on any atom is 0.418 e. The van der Waals surface area contributed by atoms with Crippen LogP contribution < -0.4 is 5.32 Å². The molecular weight excluding hydrogens is 253 g/mol. The van der Waals surface area contributed by atoms with Crippen molar-refractivity contribution >= 4 is 17.3 Å². The molecule has 1 aromatic carbocycles. The molecule has 0 aliphatic rings. The van der Waals surface area contributed by atoms with Gasteiger partial charge in [-0.1, -0.05) is 17.7 Å². The van der Waals surface area contributed by atoms with Crippen LogP contribution in [0.25, 0.3) is 0 Å². The number of benzene rings is 1. The molecule has 17 heavy (non-hydrogen) atoms. The maximum absolute atomic E-state index is 12.7. The molecule has 0 heterocycles. The second-order valence-electron chi connectivity index (χ2n) is 3.35. The molecule has 1 N–H and O–H groups in total. The molecule has 0 aliphatic heterocycles. The van der Waals surface area contributed by atoms with E-state index in [4.69, 9.17) is 16.9 Å². The standard InChI is InChI=1S/C11H10ClF3N2/c12-9-5-3-4-8(11(13,14)15)10(9)17-7-2-1-6-16/h3-5,17H,1-2,7H2. The summed E-state index contributed by atoms with van der Waals surface area (Å²) in [5, 5.41) is 11.0. The van der Waals surface area contributed by atoms with Gasteiger partial charge in [0.2, 0.25) is 0 Å². The number of anilines is 1. The Balaban J connectivity index is 2.86. The summed E-state index contributed by atoms with van der Waals surface area (Å²) in [5.41, 5.74) is -0.915. The Morgan fingerprint density at radius 2 is 2.06 bits per heavy atom. The lowest BCUT2D eigenvalue weighted by atomic mass is 10.1. The topological polar surface area (TPSA) is 35.8 Å². The first kappa shape index (κ1) is 13.7. The van der Waals surface area contributed by atoms with Gasteiger partial charge in [0.05, 0.1) is 22.3 Å². The summed E-state index contributed by atoms with van der Waals surface area (Å²) in [7, 11) is 0. The van der Waals surface area contributed by atoms with Crippen LogP contribution in [0, 0.1) is 11.3 Å². The third kappa shape index (κ3) is 3.82. The Labute approximate surface area is 102 Å². The highest BCUT2D eigenvalue weighted by molar-refractivity contribution is 6.33. The average molecular weight is 263 g/mol. The van der Waals surface area contributed by atoms with Gasteiger partial charge >= 0.3 is 6.18 Å². The molecule has 0 spiro atoms. The first-order valence-electron chi connectivity index (χ1n) is 4.93. The van der Waals surface area contributed by atoms with Gasteiger partial charge in [0.25, 0.3) is 0 Å². The fourth-order valence-corrected chi connectivity index (χ4v) is 1.56. The zero-order valence-electron chi connectivity index (χ0n) is 8.81. The fraction of sp³-hybridized carbons (Fsp3) is 0.364. The summed E-state index contributed by atoms with van der Waals surface area (Å²) in [6.45, 7) is 0.278. The second-order valence-corrected chi connectivity index (χ2v) is 3.76. The molecular formula is C11H10ClF3N2. The number of nitrogens with zero attached hydrogens (tertiary/aromatic N) is 1. The Morgan fingerprint density at radius 3 is 2.65 bits per heavy atom. The van der Waals surface area contributed by atoms with Crippen molar-refractivity contribution in [2.24, 2.45) is 0 Å². The zero-order chi connectivity index (χ0) is 12.9. The van der Waals surface area contributed by atoms with Crippen molar-refractivity contribution in [3.05, 3.63) is 28.8 Å². The van der Waals surface area contributed by atoms with Gasteiger partial charge < -0.3 is 5.32 Å². The van der Waals surface area contributed by atoms with Crippen LogP contribution in [0.2, 0.25) is 5.02 Å². The first-order valence-corrected chi connectivity index (χ1v) is 5.31. The van der Waals surface area contributed by atoms with Crippen molar-refractivity contribution in [3.8, 4) is 6.07 Å². The van der Waals surface area contributed by atoms with E-state index in [9.17, 15) is 13.2 Å². The van der Waals surface area contributed by atoms with Crippen LogP contribution in [0.5, 0.6) is 0 Å². The van der Waals surface area contributed by atoms with Gasteiger partial charge in [0.15, 0.2) is 0 Å². The van der Waals surface area contributed by atoms with Gasteiger partial charge in [-0.05, 0) is 18.6 Å². The highest BCUT2D eigenvalue weighted by Crippen LogP contribution is 2.38. The molecule has 1 aromatic rings. The van der Waals surface area contributed by atoms with Crippen LogP contribution in [-0.2, 0) is 6.18 Å². The maximum atomic E-state index is 12.7. The van der Waals surface area contributed by atoms with E-state index in [1.165, 1.54) is 12.1 Å². The minimum absolute atomic E-state index is 0.0248. The van der Waals surface area contributed by atoms with E-state index in [2.05, 4.69) is 5.32 Å². The van der Waals surface area contributed by atoms with Gasteiger partial charge in [-0.25, -0.2) is 0 Å². The van der Waals surface area contributed by atoms with Gasteiger partial charge in [0, 0.05) is 13.0 Å². The number of hydrogen-bond donors (Lipinski definition) is 1. The summed E-state index contributed by atoms with van der Waals surface area (Å²) < 4.78 is 38.0. The molecule has 1 rings (SSSR count). The van der Waals surface area contributed by atoms with Crippen molar-refractivity contribution < 1.29 is 13.2 Å². The third-order valence-electron chi connectivity index (χ3n) is 2.09. The lowest BCUT2D eigenvalue weighted by molar-refractivity contribution is -0.136. The normalized spacial score (nSPS) is 11.0. The molecule has 0 radical (unpaired) electrons. The van der Waals surface area contributed by atoms with Crippen LogP contribution in [-0.4, -0.2) is 6.54 Å². The first-order chi connectivity index (χ1) is 7.96. The van der Waals surface area contributed by atoms with E-state index in [0.717, 1.165) is 6.07 Å². The highest BCUT2D eigenvalue weighted by Gasteiger charge is 2.34. The monoisotopic (exact) mass is 262 g/mol. The van der Waals surface area contributed by atoms with Crippen molar-refractivity contribution in [2.75, 3.05) is 11.9 Å². The zero-order valence-corrected chi connectivity index (χ0v) is 9.57. The van der Waals surface area contributed by atoms with E-state index in [1.54, 1.807) is 0 Å². The minimum Gasteiger partial charge on any atom is -0.383 e. The smallest absolute Gasteiger partial charge is 0.383 e. The second kappa shape index (κ2) is 5.78. The minimum atomic E-state index is -4.44. The van der Waals surface area contributed by atoms with E-state index >= 15 is 0 Å². The largest absolute Gasteiger partial charge is 0.418 e. The summed E-state index contributed by atoms with van der Waals surface area (Å²) in [6, 6.07) is 5.54. The number of nitriles is 1. The Kier molecular flexibility index (Phi) is 4.64.